The number of hydrogen-bond donors (Lipinski definition) is 3. The van der Waals surface area contributed by atoms with E-state index in [1.54, 1.807) is 6.08 Å². The first-order valence-corrected chi connectivity index (χ1v) is 39.6. The molecule has 0 aliphatic heterocycles. The molecule has 6 heteroatoms. The molecule has 88 heavy (non-hydrogen) atoms. The lowest BCUT2D eigenvalue weighted by molar-refractivity contribution is -0.143. The number of rotatable bonds is 74. The number of amides is 1. The van der Waals surface area contributed by atoms with Gasteiger partial charge in [-0.1, -0.05) is 376 Å². The summed E-state index contributed by atoms with van der Waals surface area (Å²) in [4.78, 5) is 24.7. The fraction of sp³-hybridized carbons (Fsp3) is 0.854. The number of unbranched alkanes of at least 4 members (excludes halogenated alkanes) is 55. The van der Waals surface area contributed by atoms with E-state index in [9.17, 15) is 19.8 Å². The van der Waals surface area contributed by atoms with Crippen LogP contribution >= 0.6 is 0 Å². The first-order valence-electron chi connectivity index (χ1n) is 39.6. The maximum absolute atomic E-state index is 12.6. The molecule has 0 aromatic rings. The molecule has 0 radical (unpaired) electrons. The lowest BCUT2D eigenvalue weighted by Gasteiger charge is -2.20. The number of hydrogen-bond acceptors (Lipinski definition) is 5. The Balaban J connectivity index is 3.43. The van der Waals surface area contributed by atoms with Gasteiger partial charge in [-0.05, 0) is 96.3 Å². The van der Waals surface area contributed by atoms with Gasteiger partial charge >= 0.3 is 5.97 Å². The summed E-state index contributed by atoms with van der Waals surface area (Å²) in [5.41, 5.74) is 0. The average molecular weight is 1230 g/mol. The van der Waals surface area contributed by atoms with E-state index in [1.807, 2.05) is 6.08 Å². The van der Waals surface area contributed by atoms with Crippen molar-refractivity contribution in [3.8, 4) is 0 Å². The maximum atomic E-state index is 12.6. The minimum Gasteiger partial charge on any atom is -0.466 e. The molecule has 0 aliphatic rings. The minimum atomic E-state index is -0.848. The van der Waals surface area contributed by atoms with Crippen LogP contribution in [0.3, 0.4) is 0 Å². The fourth-order valence-corrected chi connectivity index (χ4v) is 12.2. The Morgan fingerprint density at radius 3 is 0.886 bits per heavy atom. The van der Waals surface area contributed by atoms with Gasteiger partial charge in [0.1, 0.15) is 0 Å². The molecule has 516 valence electrons. The van der Waals surface area contributed by atoms with Crippen molar-refractivity contribution in [3.05, 3.63) is 60.8 Å². The van der Waals surface area contributed by atoms with Crippen LogP contribution in [0.25, 0.3) is 0 Å². The first kappa shape index (κ1) is 85.6. The summed E-state index contributed by atoms with van der Waals surface area (Å²) < 4.78 is 5.50. The molecule has 0 saturated heterocycles. The number of nitrogens with one attached hydrogen (secondary N) is 1. The van der Waals surface area contributed by atoms with Gasteiger partial charge in [0.2, 0.25) is 5.91 Å². The van der Waals surface area contributed by atoms with Crippen LogP contribution < -0.4 is 5.32 Å². The second-order valence-electron chi connectivity index (χ2n) is 27.0. The Bertz CT molecular complexity index is 1520. The molecule has 1 amide bonds. The van der Waals surface area contributed by atoms with Crippen molar-refractivity contribution in [1.82, 2.24) is 5.32 Å². The van der Waals surface area contributed by atoms with E-state index in [2.05, 4.69) is 67.8 Å². The first-order chi connectivity index (χ1) is 43.5. The van der Waals surface area contributed by atoms with E-state index in [-0.39, 0.29) is 18.5 Å². The average Bonchev–Trinajstić information content (AvgIpc) is 3.58. The van der Waals surface area contributed by atoms with Crippen LogP contribution in [0.5, 0.6) is 0 Å². The lowest BCUT2D eigenvalue weighted by Crippen LogP contribution is -2.45. The number of aliphatic hydroxyl groups excluding tert-OH is 2. The Morgan fingerprint density at radius 1 is 0.318 bits per heavy atom. The third-order valence-electron chi connectivity index (χ3n) is 18.3. The van der Waals surface area contributed by atoms with E-state index in [1.165, 1.54) is 340 Å². The molecule has 0 saturated carbocycles. The number of aliphatic hydroxyl groups is 2. The van der Waals surface area contributed by atoms with Gasteiger partial charge < -0.3 is 20.3 Å². The molecule has 6 nitrogen and oxygen atoms in total. The van der Waals surface area contributed by atoms with E-state index in [0.717, 1.165) is 57.8 Å². The Labute approximate surface area is 549 Å². The number of ether oxygens (including phenoxy) is 1. The van der Waals surface area contributed by atoms with Crippen molar-refractivity contribution in [2.75, 3.05) is 13.2 Å². The van der Waals surface area contributed by atoms with Crippen LogP contribution in [0.15, 0.2) is 60.8 Å². The van der Waals surface area contributed by atoms with Gasteiger partial charge in [0.05, 0.1) is 25.4 Å². The molecule has 0 fully saturated rings. The monoisotopic (exact) mass is 1230 g/mol. The third-order valence-corrected chi connectivity index (χ3v) is 18.3. The molecule has 0 rings (SSSR count). The van der Waals surface area contributed by atoms with Crippen LogP contribution in [0, 0.1) is 0 Å². The molecule has 3 N–H and O–H groups in total. The van der Waals surface area contributed by atoms with Gasteiger partial charge in [-0.25, -0.2) is 0 Å². The largest absolute Gasteiger partial charge is 0.466 e. The summed E-state index contributed by atoms with van der Waals surface area (Å²) in [6, 6.07) is -0.632. The summed E-state index contributed by atoms with van der Waals surface area (Å²) in [6.07, 6.45) is 103. The fourth-order valence-electron chi connectivity index (χ4n) is 12.2. The second kappa shape index (κ2) is 77.0. The van der Waals surface area contributed by atoms with E-state index in [0.29, 0.717) is 19.4 Å². The zero-order valence-corrected chi connectivity index (χ0v) is 59.2. The van der Waals surface area contributed by atoms with E-state index >= 15 is 0 Å². The zero-order valence-electron chi connectivity index (χ0n) is 59.2. The summed E-state index contributed by atoms with van der Waals surface area (Å²) >= 11 is 0. The van der Waals surface area contributed by atoms with Gasteiger partial charge in [0.25, 0.3) is 0 Å². The standard InChI is InChI=1S/C82H153NO5/c1-3-5-7-9-11-13-15-17-19-21-22-23-24-30-33-36-39-43-46-50-54-58-62-66-70-74-80(85)79(78-84)83-81(86)75-71-67-63-59-55-51-47-44-40-37-34-31-28-26-25-27-29-32-35-38-41-45-49-53-57-61-65-69-73-77-88-82(87)76-72-68-64-60-56-52-48-42-20-18-16-14-12-10-8-6-4-2/h12,14,18,20,25,27,32,35,70,74,79-80,84-85H,3-11,13,15-17,19,21-24,26,28-31,33-34,36-69,71-73,75-78H2,1-2H3,(H,83,86)/b14-12-,20-18-,27-25-,35-32-,74-70+. The van der Waals surface area contributed by atoms with Crippen LogP contribution in [-0.2, 0) is 14.3 Å². The van der Waals surface area contributed by atoms with Crippen molar-refractivity contribution < 1.29 is 24.5 Å². The second-order valence-corrected chi connectivity index (χ2v) is 27.0. The summed E-state index contributed by atoms with van der Waals surface area (Å²) in [7, 11) is 0. The highest BCUT2D eigenvalue weighted by Crippen LogP contribution is 2.19. The van der Waals surface area contributed by atoms with Crippen molar-refractivity contribution in [2.45, 2.75) is 437 Å². The van der Waals surface area contributed by atoms with Crippen molar-refractivity contribution in [1.29, 1.82) is 0 Å². The number of carbonyl (C=O) groups excluding carboxylic acids is 2. The normalized spacial score (nSPS) is 12.8. The van der Waals surface area contributed by atoms with Gasteiger partial charge in [0.15, 0.2) is 0 Å². The summed E-state index contributed by atoms with van der Waals surface area (Å²) in [5.74, 6) is -0.0608. The van der Waals surface area contributed by atoms with Crippen LogP contribution in [-0.4, -0.2) is 47.4 Å². The molecule has 2 unspecified atom stereocenters. The minimum absolute atomic E-state index is 0.00418. The molecule has 2 atom stereocenters. The predicted octanol–water partition coefficient (Wildman–Crippen LogP) is 26.2. The van der Waals surface area contributed by atoms with Gasteiger partial charge in [-0.15, -0.1) is 0 Å². The Hall–Kier alpha value is -2.44. The maximum Gasteiger partial charge on any atom is 0.305 e. The highest BCUT2D eigenvalue weighted by molar-refractivity contribution is 5.76. The number of esters is 1. The van der Waals surface area contributed by atoms with E-state index < -0.39 is 12.1 Å². The molecule has 0 heterocycles. The Morgan fingerprint density at radius 2 is 0.568 bits per heavy atom. The van der Waals surface area contributed by atoms with E-state index in [4.69, 9.17) is 4.74 Å². The molecule has 0 aromatic heterocycles. The smallest absolute Gasteiger partial charge is 0.305 e. The zero-order chi connectivity index (χ0) is 63.5. The number of allylic oxidation sites excluding steroid dienone is 9. The molecule has 0 bridgehead atoms. The van der Waals surface area contributed by atoms with Crippen LogP contribution in [0.4, 0.5) is 0 Å². The van der Waals surface area contributed by atoms with Crippen LogP contribution in [0.1, 0.15) is 425 Å². The summed E-state index contributed by atoms with van der Waals surface area (Å²) in [5, 5.41) is 23.3. The lowest BCUT2D eigenvalue weighted by atomic mass is 10.0. The van der Waals surface area contributed by atoms with Gasteiger partial charge in [-0.2, -0.15) is 0 Å². The van der Waals surface area contributed by atoms with Crippen molar-refractivity contribution in [2.24, 2.45) is 0 Å². The SMILES string of the molecule is CCCCC/C=C\C/C=C\CCCCCCCCCC(=O)OCCCCCCCCCCC/C=C\C/C=C\CCCCCCCCCCCCCCCC(=O)NC(CO)C(O)/C=C/CCCCCCCCCCCCCCCCCCCCCCCCC. The van der Waals surface area contributed by atoms with Crippen LogP contribution in [0.2, 0.25) is 0 Å². The van der Waals surface area contributed by atoms with Gasteiger partial charge in [-0.3, -0.25) is 9.59 Å². The summed E-state index contributed by atoms with van der Waals surface area (Å²) in [6.45, 7) is 4.91. The topological polar surface area (TPSA) is 95.9 Å². The highest BCUT2D eigenvalue weighted by Gasteiger charge is 2.18. The van der Waals surface area contributed by atoms with Gasteiger partial charge in [0, 0.05) is 12.8 Å². The predicted molar refractivity (Wildman–Crippen MR) is 389 cm³/mol. The number of carbonyl (C=O) groups is 2. The van der Waals surface area contributed by atoms with Crippen molar-refractivity contribution >= 4 is 11.9 Å². The molecular formula is C82H153NO5. The van der Waals surface area contributed by atoms with Crippen molar-refractivity contribution in [3.63, 3.8) is 0 Å². The highest BCUT2D eigenvalue weighted by atomic mass is 16.5. The molecule has 0 spiro atoms. The third kappa shape index (κ3) is 72.6. The molecule has 0 aromatic carbocycles. The Kier molecular flexibility index (Phi) is 74.9. The molecule has 0 aliphatic carbocycles. The molecular weight excluding hydrogens is 1080 g/mol. The quantitative estimate of drug-likeness (QED) is 0.0320.